The highest BCUT2D eigenvalue weighted by Crippen LogP contribution is 2.33. The third-order valence-corrected chi connectivity index (χ3v) is 7.57. The first-order chi connectivity index (χ1) is 13.7. The fraction of sp³-hybridized carbons (Fsp3) is 0.348. The second-order valence-corrected chi connectivity index (χ2v) is 10.6. The number of hydrogen-bond acceptors (Lipinski definition) is 3. The zero-order valence-electron chi connectivity index (χ0n) is 17.0. The van der Waals surface area contributed by atoms with Gasteiger partial charge in [-0.15, -0.1) is 0 Å². The molecule has 29 heavy (non-hydrogen) atoms. The number of aromatic nitrogens is 1. The topological polar surface area (TPSA) is 70.2 Å². The number of sulfonamides is 1. The molecular formula is C23H26N2O3S. The van der Waals surface area contributed by atoms with Crippen LogP contribution < -0.4 is 0 Å². The number of hydrogen-bond donors (Lipinski definition) is 1. The van der Waals surface area contributed by atoms with Crippen LogP contribution in [0.25, 0.3) is 22.2 Å². The minimum Gasteiger partial charge on any atom is -0.354 e. The lowest BCUT2D eigenvalue weighted by molar-refractivity contribution is 0.112. The number of H-pyrrole nitrogens is 1. The molecule has 3 aromatic rings. The summed E-state index contributed by atoms with van der Waals surface area (Å²) in [7, 11) is -3.53. The average molecular weight is 411 g/mol. The van der Waals surface area contributed by atoms with Crippen LogP contribution in [0, 0.1) is 0 Å². The molecule has 0 spiro atoms. The third-order valence-electron chi connectivity index (χ3n) is 5.67. The highest BCUT2D eigenvalue weighted by Gasteiger charge is 2.28. The van der Waals surface area contributed by atoms with Gasteiger partial charge in [0, 0.05) is 29.6 Å². The predicted molar refractivity (Wildman–Crippen MR) is 116 cm³/mol. The predicted octanol–water partition coefficient (Wildman–Crippen LogP) is 4.73. The van der Waals surface area contributed by atoms with Crippen molar-refractivity contribution in [3.8, 4) is 11.3 Å². The van der Waals surface area contributed by atoms with Crippen molar-refractivity contribution < 1.29 is 13.2 Å². The molecule has 2 heterocycles. The molecular weight excluding hydrogens is 384 g/mol. The van der Waals surface area contributed by atoms with Crippen molar-refractivity contribution >= 4 is 27.2 Å². The molecule has 1 aliphatic rings. The van der Waals surface area contributed by atoms with Crippen LogP contribution in [-0.2, 0) is 15.4 Å². The van der Waals surface area contributed by atoms with Gasteiger partial charge in [-0.25, -0.2) is 8.42 Å². The monoisotopic (exact) mass is 410 g/mol. The van der Waals surface area contributed by atoms with E-state index in [2.05, 4.69) is 37.9 Å². The molecule has 0 atom stereocenters. The first-order valence-corrected chi connectivity index (χ1v) is 11.4. The number of benzene rings is 2. The Hall–Kier alpha value is -2.44. The van der Waals surface area contributed by atoms with Crippen LogP contribution in [-0.4, -0.2) is 37.1 Å². The minimum absolute atomic E-state index is 0.0469. The number of nitrogens with zero attached hydrogens (tertiary/aromatic N) is 1. The zero-order chi connectivity index (χ0) is 20.8. The Labute approximate surface area is 171 Å². The smallest absolute Gasteiger partial charge is 0.243 e. The number of carbonyl (C=O) groups excluding carboxylic acids is 1. The van der Waals surface area contributed by atoms with E-state index >= 15 is 0 Å². The van der Waals surface area contributed by atoms with Crippen molar-refractivity contribution in [2.45, 2.75) is 43.9 Å². The van der Waals surface area contributed by atoms with Crippen molar-refractivity contribution in [3.63, 3.8) is 0 Å². The Bertz CT molecular complexity index is 1160. The summed E-state index contributed by atoms with van der Waals surface area (Å²) in [6.45, 7) is 7.58. The zero-order valence-corrected chi connectivity index (χ0v) is 17.8. The maximum atomic E-state index is 12.9. The van der Waals surface area contributed by atoms with Gasteiger partial charge in [0.15, 0.2) is 6.29 Å². The molecule has 0 unspecified atom stereocenters. The van der Waals surface area contributed by atoms with E-state index in [0.29, 0.717) is 29.7 Å². The first kappa shape index (κ1) is 19.9. The average Bonchev–Trinajstić information content (AvgIpc) is 3.35. The summed E-state index contributed by atoms with van der Waals surface area (Å²) in [5.74, 6) is 0. The van der Waals surface area contributed by atoms with E-state index in [-0.39, 0.29) is 10.3 Å². The van der Waals surface area contributed by atoms with Crippen LogP contribution in [0.15, 0.2) is 47.4 Å². The number of rotatable bonds is 4. The van der Waals surface area contributed by atoms with Crippen molar-refractivity contribution in [1.29, 1.82) is 0 Å². The van der Waals surface area contributed by atoms with E-state index in [0.717, 1.165) is 30.2 Å². The van der Waals surface area contributed by atoms with Gasteiger partial charge in [-0.2, -0.15) is 4.31 Å². The van der Waals surface area contributed by atoms with Gasteiger partial charge in [-0.1, -0.05) is 45.0 Å². The first-order valence-electron chi connectivity index (χ1n) is 9.94. The van der Waals surface area contributed by atoms with Crippen LogP contribution in [0.1, 0.15) is 49.5 Å². The molecule has 4 rings (SSSR count). The molecule has 0 amide bonds. The fourth-order valence-electron chi connectivity index (χ4n) is 3.92. The van der Waals surface area contributed by atoms with Crippen molar-refractivity contribution in [2.75, 3.05) is 13.1 Å². The lowest BCUT2D eigenvalue weighted by Gasteiger charge is -2.19. The molecule has 5 nitrogen and oxygen atoms in total. The van der Waals surface area contributed by atoms with Gasteiger partial charge in [0.2, 0.25) is 10.0 Å². The van der Waals surface area contributed by atoms with Gasteiger partial charge in [0.1, 0.15) is 0 Å². The van der Waals surface area contributed by atoms with E-state index in [4.69, 9.17) is 0 Å². The molecule has 2 aromatic carbocycles. The molecule has 1 aliphatic heterocycles. The molecule has 1 N–H and O–H groups in total. The van der Waals surface area contributed by atoms with Crippen LogP contribution in [0.5, 0.6) is 0 Å². The Morgan fingerprint density at radius 2 is 1.66 bits per heavy atom. The van der Waals surface area contributed by atoms with Crippen LogP contribution in [0.3, 0.4) is 0 Å². The molecule has 0 radical (unpaired) electrons. The van der Waals surface area contributed by atoms with E-state index in [9.17, 15) is 13.2 Å². The molecule has 0 aliphatic carbocycles. The summed E-state index contributed by atoms with van der Waals surface area (Å²) < 4.78 is 27.3. The van der Waals surface area contributed by atoms with Gasteiger partial charge in [0.05, 0.1) is 10.6 Å². The summed E-state index contributed by atoms with van der Waals surface area (Å²) in [5.41, 5.74) is 4.12. The highest BCUT2D eigenvalue weighted by molar-refractivity contribution is 7.89. The van der Waals surface area contributed by atoms with E-state index in [1.54, 1.807) is 18.2 Å². The number of nitrogens with one attached hydrogen (secondary N) is 1. The molecule has 0 bridgehead atoms. The van der Waals surface area contributed by atoms with Gasteiger partial charge in [-0.05, 0) is 47.6 Å². The highest BCUT2D eigenvalue weighted by atomic mass is 32.2. The summed E-state index contributed by atoms with van der Waals surface area (Å²) in [6, 6.07) is 13.1. The van der Waals surface area contributed by atoms with E-state index in [1.165, 1.54) is 9.87 Å². The second-order valence-electron chi connectivity index (χ2n) is 8.68. The number of aldehydes is 1. The molecule has 1 saturated heterocycles. The molecule has 152 valence electrons. The maximum Gasteiger partial charge on any atom is 0.243 e. The number of fused-ring (bicyclic) bond motifs is 1. The van der Waals surface area contributed by atoms with E-state index < -0.39 is 10.0 Å². The van der Waals surface area contributed by atoms with Crippen molar-refractivity contribution in [2.24, 2.45) is 0 Å². The van der Waals surface area contributed by atoms with Crippen LogP contribution in [0.2, 0.25) is 0 Å². The van der Waals surface area contributed by atoms with Gasteiger partial charge in [0.25, 0.3) is 0 Å². The quantitative estimate of drug-likeness (QED) is 0.632. The lowest BCUT2D eigenvalue weighted by atomic mass is 9.86. The summed E-state index contributed by atoms with van der Waals surface area (Å²) in [4.78, 5) is 15.5. The van der Waals surface area contributed by atoms with Crippen LogP contribution >= 0.6 is 0 Å². The Kier molecular flexibility index (Phi) is 4.87. The summed E-state index contributed by atoms with van der Waals surface area (Å²) in [6.07, 6.45) is 2.58. The number of carbonyl (C=O) groups is 1. The number of aromatic amines is 1. The van der Waals surface area contributed by atoms with Gasteiger partial charge in [-0.3, -0.25) is 4.79 Å². The Morgan fingerprint density at radius 3 is 2.24 bits per heavy atom. The largest absolute Gasteiger partial charge is 0.354 e. The summed E-state index contributed by atoms with van der Waals surface area (Å²) in [5, 5.41) is 0.634. The SMILES string of the molecule is CC(C)(C)c1ccc(-c2[nH]c3ccc(S(=O)(=O)N4CCCC4)cc3c2C=O)cc1. The van der Waals surface area contributed by atoms with Crippen LogP contribution in [0.4, 0.5) is 0 Å². The van der Waals surface area contributed by atoms with Crippen molar-refractivity contribution in [1.82, 2.24) is 9.29 Å². The second kappa shape index (κ2) is 7.11. The normalized spacial score (nSPS) is 15.8. The molecule has 1 aromatic heterocycles. The van der Waals surface area contributed by atoms with Crippen molar-refractivity contribution in [3.05, 3.63) is 53.6 Å². The lowest BCUT2D eigenvalue weighted by Crippen LogP contribution is -2.27. The Balaban J connectivity index is 1.80. The van der Waals surface area contributed by atoms with E-state index in [1.807, 2.05) is 12.1 Å². The van der Waals surface area contributed by atoms with Gasteiger partial charge < -0.3 is 4.98 Å². The maximum absolute atomic E-state index is 12.9. The summed E-state index contributed by atoms with van der Waals surface area (Å²) >= 11 is 0. The minimum atomic E-state index is -3.53. The molecule has 6 heteroatoms. The standard InChI is InChI=1S/C23H26N2O3S/c1-23(2,3)17-8-6-16(7-9-17)22-20(15-26)19-14-18(10-11-21(19)24-22)29(27,28)25-12-4-5-13-25/h6-11,14-15,24H,4-5,12-13H2,1-3H3. The van der Waals surface area contributed by atoms with Gasteiger partial charge >= 0.3 is 0 Å². The third kappa shape index (κ3) is 3.51. The molecule has 1 fully saturated rings. The Morgan fingerprint density at radius 1 is 1.00 bits per heavy atom. The fourth-order valence-corrected chi connectivity index (χ4v) is 5.46. The molecule has 0 saturated carbocycles.